The van der Waals surface area contributed by atoms with Crippen molar-refractivity contribution in [1.82, 2.24) is 0 Å². The largest absolute Gasteiger partial charge is 0.0859 e. The fourth-order valence-electron chi connectivity index (χ4n) is 1.51. The summed E-state index contributed by atoms with van der Waals surface area (Å²) in [5.74, 6) is 1.72. The summed E-state index contributed by atoms with van der Waals surface area (Å²) in [7, 11) is 0. The SMILES string of the molecule is CC(C)CC(C)CCC(C)(C)Br. The van der Waals surface area contributed by atoms with Crippen LogP contribution in [0.25, 0.3) is 0 Å². The summed E-state index contributed by atoms with van der Waals surface area (Å²) in [6.07, 6.45) is 3.99. The van der Waals surface area contributed by atoms with Crippen LogP contribution < -0.4 is 0 Å². The van der Waals surface area contributed by atoms with E-state index in [-0.39, 0.29) is 0 Å². The smallest absolute Gasteiger partial charge is 0.0201 e. The van der Waals surface area contributed by atoms with Crippen LogP contribution in [0.1, 0.15) is 53.9 Å². The van der Waals surface area contributed by atoms with Gasteiger partial charge in [-0.3, -0.25) is 0 Å². The topological polar surface area (TPSA) is 0 Å². The van der Waals surface area contributed by atoms with Gasteiger partial charge in [0.25, 0.3) is 0 Å². The Morgan fingerprint density at radius 3 is 2.00 bits per heavy atom. The summed E-state index contributed by atoms with van der Waals surface area (Å²) >= 11 is 3.67. The van der Waals surface area contributed by atoms with Gasteiger partial charge in [-0.1, -0.05) is 50.5 Å². The maximum absolute atomic E-state index is 3.67. The molecule has 0 rings (SSSR count). The normalized spacial score (nSPS) is 15.2. The van der Waals surface area contributed by atoms with Gasteiger partial charge in [0.2, 0.25) is 0 Å². The lowest BCUT2D eigenvalue weighted by Crippen LogP contribution is -2.11. The van der Waals surface area contributed by atoms with Crippen LogP contribution >= 0.6 is 15.9 Å². The van der Waals surface area contributed by atoms with E-state index in [1.54, 1.807) is 0 Å². The van der Waals surface area contributed by atoms with Crippen molar-refractivity contribution < 1.29 is 0 Å². The third-order valence-corrected chi connectivity index (χ3v) is 2.50. The maximum Gasteiger partial charge on any atom is 0.0201 e. The first kappa shape index (κ1) is 12.5. The first-order chi connectivity index (χ1) is 5.31. The van der Waals surface area contributed by atoms with Crippen molar-refractivity contribution in [3.63, 3.8) is 0 Å². The van der Waals surface area contributed by atoms with Crippen LogP contribution in [0.3, 0.4) is 0 Å². The standard InChI is InChI=1S/C11H23Br/c1-9(2)8-10(3)6-7-11(4,5)12/h9-10H,6-8H2,1-5H3. The Kier molecular flexibility index (Phi) is 5.47. The Hall–Kier alpha value is 0.480. The Balaban J connectivity index is 3.51. The summed E-state index contributed by atoms with van der Waals surface area (Å²) < 4.78 is 0.332. The van der Waals surface area contributed by atoms with E-state index >= 15 is 0 Å². The van der Waals surface area contributed by atoms with Crippen LogP contribution in [0.15, 0.2) is 0 Å². The van der Waals surface area contributed by atoms with E-state index in [1.165, 1.54) is 19.3 Å². The molecule has 0 saturated carbocycles. The number of hydrogen-bond donors (Lipinski definition) is 0. The molecule has 1 heteroatoms. The summed E-state index contributed by atoms with van der Waals surface area (Å²) in [4.78, 5) is 0. The molecule has 1 unspecified atom stereocenters. The molecule has 74 valence electrons. The molecule has 0 saturated heterocycles. The van der Waals surface area contributed by atoms with Crippen LogP contribution in [0.4, 0.5) is 0 Å². The molecular formula is C11H23Br. The Labute approximate surface area is 86.3 Å². The second-order valence-corrected chi connectivity index (χ2v) is 7.14. The Morgan fingerprint density at radius 2 is 1.67 bits per heavy atom. The Bertz CT molecular complexity index is 111. The van der Waals surface area contributed by atoms with Crippen molar-refractivity contribution in [3.8, 4) is 0 Å². The highest BCUT2D eigenvalue weighted by atomic mass is 79.9. The third-order valence-electron chi connectivity index (χ3n) is 2.11. The van der Waals surface area contributed by atoms with Crippen molar-refractivity contribution in [2.45, 2.75) is 58.2 Å². The number of halogens is 1. The van der Waals surface area contributed by atoms with Crippen molar-refractivity contribution in [3.05, 3.63) is 0 Å². The molecule has 0 heterocycles. The average molecular weight is 235 g/mol. The summed E-state index contributed by atoms with van der Waals surface area (Å²) in [6, 6.07) is 0. The lowest BCUT2D eigenvalue weighted by molar-refractivity contribution is 0.392. The van der Waals surface area contributed by atoms with Gasteiger partial charge < -0.3 is 0 Å². The number of hydrogen-bond acceptors (Lipinski definition) is 0. The fourth-order valence-corrected chi connectivity index (χ4v) is 1.74. The van der Waals surface area contributed by atoms with E-state index in [4.69, 9.17) is 0 Å². The minimum atomic E-state index is 0.332. The first-order valence-corrected chi connectivity index (χ1v) is 5.79. The molecule has 0 aliphatic heterocycles. The van der Waals surface area contributed by atoms with Crippen LogP contribution in [0, 0.1) is 11.8 Å². The molecule has 0 fully saturated rings. The zero-order valence-corrected chi connectivity index (χ0v) is 10.7. The van der Waals surface area contributed by atoms with E-state index in [0.29, 0.717) is 4.32 Å². The van der Waals surface area contributed by atoms with Crippen molar-refractivity contribution in [1.29, 1.82) is 0 Å². The predicted molar refractivity (Wildman–Crippen MR) is 60.9 cm³/mol. The summed E-state index contributed by atoms with van der Waals surface area (Å²) in [5, 5.41) is 0. The highest BCUT2D eigenvalue weighted by Crippen LogP contribution is 2.26. The molecule has 0 amide bonds. The van der Waals surface area contributed by atoms with Gasteiger partial charge in [-0.25, -0.2) is 0 Å². The molecule has 0 nitrogen and oxygen atoms in total. The number of rotatable bonds is 5. The minimum absolute atomic E-state index is 0.332. The highest BCUT2D eigenvalue weighted by Gasteiger charge is 2.14. The monoisotopic (exact) mass is 234 g/mol. The summed E-state index contributed by atoms with van der Waals surface area (Å²) in [6.45, 7) is 11.5. The van der Waals surface area contributed by atoms with Crippen LogP contribution in [0.5, 0.6) is 0 Å². The first-order valence-electron chi connectivity index (χ1n) is 5.00. The second-order valence-electron chi connectivity index (χ2n) is 4.99. The molecular weight excluding hydrogens is 212 g/mol. The molecule has 0 aliphatic rings. The van der Waals surface area contributed by atoms with Crippen molar-refractivity contribution in [2.75, 3.05) is 0 Å². The maximum atomic E-state index is 3.67. The van der Waals surface area contributed by atoms with Gasteiger partial charge in [0, 0.05) is 4.32 Å². The zero-order chi connectivity index (χ0) is 9.78. The lowest BCUT2D eigenvalue weighted by atomic mass is 9.92. The van der Waals surface area contributed by atoms with E-state index in [9.17, 15) is 0 Å². The number of alkyl halides is 1. The van der Waals surface area contributed by atoms with Gasteiger partial charge >= 0.3 is 0 Å². The van der Waals surface area contributed by atoms with E-state index in [1.807, 2.05) is 0 Å². The molecule has 1 atom stereocenters. The van der Waals surface area contributed by atoms with Crippen LogP contribution in [-0.2, 0) is 0 Å². The van der Waals surface area contributed by atoms with Gasteiger partial charge in [-0.05, 0) is 31.1 Å². The molecule has 0 aromatic heterocycles. The minimum Gasteiger partial charge on any atom is -0.0859 e. The fraction of sp³-hybridized carbons (Fsp3) is 1.00. The van der Waals surface area contributed by atoms with Crippen LogP contribution in [0.2, 0.25) is 0 Å². The molecule has 12 heavy (non-hydrogen) atoms. The van der Waals surface area contributed by atoms with Gasteiger partial charge in [0.05, 0.1) is 0 Å². The molecule has 0 N–H and O–H groups in total. The van der Waals surface area contributed by atoms with Crippen molar-refractivity contribution >= 4 is 15.9 Å². The second kappa shape index (κ2) is 5.26. The molecule has 0 spiro atoms. The molecule has 0 aromatic rings. The van der Waals surface area contributed by atoms with Crippen molar-refractivity contribution in [2.24, 2.45) is 11.8 Å². The Morgan fingerprint density at radius 1 is 1.17 bits per heavy atom. The molecule has 0 radical (unpaired) electrons. The van der Waals surface area contributed by atoms with E-state index in [0.717, 1.165) is 11.8 Å². The quantitative estimate of drug-likeness (QED) is 0.610. The van der Waals surface area contributed by atoms with Gasteiger partial charge in [-0.2, -0.15) is 0 Å². The van der Waals surface area contributed by atoms with Gasteiger partial charge in [0.15, 0.2) is 0 Å². The molecule has 0 bridgehead atoms. The van der Waals surface area contributed by atoms with Crippen LogP contribution in [-0.4, -0.2) is 4.32 Å². The van der Waals surface area contributed by atoms with Gasteiger partial charge in [-0.15, -0.1) is 0 Å². The average Bonchev–Trinajstić information content (AvgIpc) is 1.80. The van der Waals surface area contributed by atoms with Gasteiger partial charge in [0.1, 0.15) is 0 Å². The zero-order valence-electron chi connectivity index (χ0n) is 9.15. The molecule has 0 aromatic carbocycles. The van der Waals surface area contributed by atoms with E-state index < -0.39 is 0 Å². The predicted octanol–water partition coefficient (Wildman–Crippen LogP) is 4.62. The molecule has 0 aliphatic carbocycles. The lowest BCUT2D eigenvalue weighted by Gasteiger charge is -2.20. The highest BCUT2D eigenvalue weighted by molar-refractivity contribution is 9.10. The summed E-state index contributed by atoms with van der Waals surface area (Å²) in [5.41, 5.74) is 0. The third kappa shape index (κ3) is 8.58. The van der Waals surface area contributed by atoms with E-state index in [2.05, 4.69) is 50.5 Å².